The topological polar surface area (TPSA) is 54.0 Å². The van der Waals surface area contributed by atoms with E-state index in [1.54, 1.807) is 14.2 Å². The molecule has 3 rings (SSSR count). The minimum atomic E-state index is 0.362. The first-order valence-electron chi connectivity index (χ1n) is 8.21. The second kappa shape index (κ2) is 8.31. The van der Waals surface area contributed by atoms with Crippen molar-refractivity contribution in [3.8, 4) is 23.0 Å². The van der Waals surface area contributed by atoms with E-state index >= 15 is 0 Å². The Morgan fingerprint density at radius 1 is 0.926 bits per heavy atom. The van der Waals surface area contributed by atoms with Crippen LogP contribution < -0.4 is 18.9 Å². The molecule has 0 amide bonds. The zero-order valence-electron chi connectivity index (χ0n) is 15.2. The second-order valence-corrected chi connectivity index (χ2v) is 6.52. The number of methoxy groups -OCH3 is 3. The fraction of sp³-hybridized carbons (Fsp3) is 0.190. The summed E-state index contributed by atoms with van der Waals surface area (Å²) in [4.78, 5) is 11.7. The summed E-state index contributed by atoms with van der Waals surface area (Å²) in [7, 11) is 4.72. The number of carbonyl (C=O) groups is 1. The van der Waals surface area contributed by atoms with Crippen molar-refractivity contribution >= 4 is 33.0 Å². The van der Waals surface area contributed by atoms with Crippen LogP contribution in [0.1, 0.15) is 15.9 Å². The number of carbonyl (C=O) groups excluding carboxylic acids is 1. The van der Waals surface area contributed by atoms with Crippen LogP contribution in [0.25, 0.3) is 10.8 Å². The molecule has 0 aliphatic heterocycles. The van der Waals surface area contributed by atoms with Crippen LogP contribution in [0.4, 0.5) is 0 Å². The molecule has 0 spiro atoms. The number of ether oxygens (including phenoxy) is 4. The third-order valence-corrected chi connectivity index (χ3v) is 5.05. The van der Waals surface area contributed by atoms with Gasteiger partial charge in [-0.25, -0.2) is 0 Å². The molecule has 0 bridgehead atoms. The molecule has 0 aliphatic rings. The van der Waals surface area contributed by atoms with Crippen LogP contribution in [0.3, 0.4) is 0 Å². The average Bonchev–Trinajstić information content (AvgIpc) is 2.71. The molecular formula is C21H19BrO5. The third kappa shape index (κ3) is 3.57. The molecule has 0 aliphatic carbocycles. The van der Waals surface area contributed by atoms with E-state index in [1.165, 1.54) is 7.11 Å². The van der Waals surface area contributed by atoms with E-state index in [0.717, 1.165) is 23.0 Å². The van der Waals surface area contributed by atoms with Crippen LogP contribution in [0.15, 0.2) is 46.9 Å². The number of benzene rings is 3. The Kier molecular flexibility index (Phi) is 5.86. The van der Waals surface area contributed by atoms with Crippen molar-refractivity contribution in [2.75, 3.05) is 21.3 Å². The van der Waals surface area contributed by atoms with E-state index in [-0.39, 0.29) is 0 Å². The van der Waals surface area contributed by atoms with Gasteiger partial charge in [0.15, 0.2) is 6.29 Å². The van der Waals surface area contributed by atoms with Crippen molar-refractivity contribution in [2.45, 2.75) is 6.61 Å². The number of rotatable bonds is 7. The quantitative estimate of drug-likeness (QED) is 0.492. The van der Waals surface area contributed by atoms with Crippen LogP contribution in [-0.2, 0) is 6.61 Å². The Morgan fingerprint density at radius 2 is 1.63 bits per heavy atom. The summed E-state index contributed by atoms with van der Waals surface area (Å²) in [6.07, 6.45) is 0.741. The number of hydrogen-bond donors (Lipinski definition) is 0. The highest BCUT2D eigenvalue weighted by Gasteiger charge is 2.21. The molecule has 0 fully saturated rings. The van der Waals surface area contributed by atoms with Crippen molar-refractivity contribution < 1.29 is 23.7 Å². The van der Waals surface area contributed by atoms with Crippen molar-refractivity contribution in [1.29, 1.82) is 0 Å². The zero-order chi connectivity index (χ0) is 19.4. The average molecular weight is 431 g/mol. The highest BCUT2D eigenvalue weighted by atomic mass is 79.9. The summed E-state index contributed by atoms with van der Waals surface area (Å²) >= 11 is 3.44. The van der Waals surface area contributed by atoms with Crippen LogP contribution in [-0.4, -0.2) is 27.6 Å². The molecule has 0 unspecified atom stereocenters. The highest BCUT2D eigenvalue weighted by Crippen LogP contribution is 2.46. The maximum Gasteiger partial charge on any atom is 0.155 e. The van der Waals surface area contributed by atoms with Gasteiger partial charge in [0, 0.05) is 5.39 Å². The molecule has 0 heterocycles. The maximum atomic E-state index is 11.7. The van der Waals surface area contributed by atoms with Gasteiger partial charge in [0.1, 0.15) is 29.6 Å². The Labute approximate surface area is 165 Å². The van der Waals surface area contributed by atoms with Gasteiger partial charge in [-0.05, 0) is 39.7 Å². The third-order valence-electron chi connectivity index (χ3n) is 4.26. The summed E-state index contributed by atoms with van der Waals surface area (Å²) in [5, 5.41) is 1.48. The largest absolute Gasteiger partial charge is 0.497 e. The predicted octanol–water partition coefficient (Wildman–Crippen LogP) is 5.02. The van der Waals surface area contributed by atoms with Gasteiger partial charge >= 0.3 is 0 Å². The van der Waals surface area contributed by atoms with E-state index in [0.29, 0.717) is 39.3 Å². The van der Waals surface area contributed by atoms with Crippen LogP contribution in [0.5, 0.6) is 23.0 Å². The first-order valence-corrected chi connectivity index (χ1v) is 9.01. The zero-order valence-corrected chi connectivity index (χ0v) is 16.8. The van der Waals surface area contributed by atoms with E-state index in [9.17, 15) is 4.79 Å². The lowest BCUT2D eigenvalue weighted by molar-refractivity contribution is 0.111. The summed E-state index contributed by atoms with van der Waals surface area (Å²) in [5.74, 6) is 2.39. The molecule has 0 atom stereocenters. The molecule has 5 nitrogen and oxygen atoms in total. The monoisotopic (exact) mass is 430 g/mol. The number of fused-ring (bicyclic) bond motifs is 1. The molecule has 6 heteroatoms. The molecule has 0 aromatic heterocycles. The highest BCUT2D eigenvalue weighted by molar-refractivity contribution is 9.10. The molecular weight excluding hydrogens is 412 g/mol. The molecule has 0 N–H and O–H groups in total. The number of aldehydes is 1. The van der Waals surface area contributed by atoms with Crippen LogP contribution in [0, 0.1) is 0 Å². The minimum absolute atomic E-state index is 0.362. The lowest BCUT2D eigenvalue weighted by Crippen LogP contribution is -2.01. The summed E-state index contributed by atoms with van der Waals surface area (Å²) in [5.41, 5.74) is 1.37. The smallest absolute Gasteiger partial charge is 0.155 e. The van der Waals surface area contributed by atoms with E-state index in [4.69, 9.17) is 18.9 Å². The summed E-state index contributed by atoms with van der Waals surface area (Å²) < 4.78 is 22.8. The second-order valence-electron chi connectivity index (χ2n) is 5.73. The van der Waals surface area contributed by atoms with Crippen LogP contribution in [0.2, 0.25) is 0 Å². The molecule has 27 heavy (non-hydrogen) atoms. The van der Waals surface area contributed by atoms with Gasteiger partial charge in [0.2, 0.25) is 0 Å². The normalized spacial score (nSPS) is 10.5. The number of halogens is 1. The summed E-state index contributed by atoms with van der Waals surface area (Å²) in [6.45, 7) is 0.362. The van der Waals surface area contributed by atoms with Gasteiger partial charge in [-0.1, -0.05) is 24.3 Å². The van der Waals surface area contributed by atoms with Crippen molar-refractivity contribution in [1.82, 2.24) is 0 Å². The number of hydrogen-bond acceptors (Lipinski definition) is 5. The first kappa shape index (κ1) is 19.0. The van der Waals surface area contributed by atoms with Crippen molar-refractivity contribution in [3.05, 3.63) is 58.1 Å². The Bertz CT molecular complexity index is 967. The predicted molar refractivity (Wildman–Crippen MR) is 107 cm³/mol. The van der Waals surface area contributed by atoms with Gasteiger partial charge in [0.25, 0.3) is 0 Å². The van der Waals surface area contributed by atoms with Gasteiger partial charge in [0.05, 0.1) is 36.8 Å². The maximum absolute atomic E-state index is 11.7. The van der Waals surface area contributed by atoms with E-state index < -0.39 is 0 Å². The molecule has 3 aromatic rings. The molecule has 0 radical (unpaired) electrons. The van der Waals surface area contributed by atoms with Gasteiger partial charge < -0.3 is 18.9 Å². The fourth-order valence-corrected chi connectivity index (χ4v) is 3.60. The lowest BCUT2D eigenvalue weighted by atomic mass is 10.0. The summed E-state index contributed by atoms with van der Waals surface area (Å²) in [6, 6.07) is 13.3. The molecule has 140 valence electrons. The SMILES string of the molecule is COc1ccc(COc2cccc3c(OC)c(Br)c(C=O)c(OC)c23)cc1. The van der Waals surface area contributed by atoms with Gasteiger partial charge in [-0.3, -0.25) is 4.79 Å². The standard InChI is InChI=1S/C21H19BrO5/c1-24-14-9-7-13(8-10-14)12-27-17-6-4-5-15-18(17)20(25-2)16(11-23)19(22)21(15)26-3/h4-11H,12H2,1-3H3. The Balaban J connectivity index is 2.08. The van der Waals surface area contributed by atoms with Crippen LogP contribution >= 0.6 is 15.9 Å². The first-order chi connectivity index (χ1) is 13.1. The lowest BCUT2D eigenvalue weighted by Gasteiger charge is -2.18. The van der Waals surface area contributed by atoms with Crippen molar-refractivity contribution in [3.63, 3.8) is 0 Å². The molecule has 0 saturated carbocycles. The van der Waals surface area contributed by atoms with Gasteiger partial charge in [-0.15, -0.1) is 0 Å². The molecule has 3 aromatic carbocycles. The van der Waals surface area contributed by atoms with E-state index in [2.05, 4.69) is 15.9 Å². The minimum Gasteiger partial charge on any atom is -0.497 e. The molecule has 0 saturated heterocycles. The Morgan fingerprint density at radius 3 is 2.22 bits per heavy atom. The van der Waals surface area contributed by atoms with Crippen molar-refractivity contribution in [2.24, 2.45) is 0 Å². The van der Waals surface area contributed by atoms with Gasteiger partial charge in [-0.2, -0.15) is 0 Å². The Hall–Kier alpha value is -2.73. The van der Waals surface area contributed by atoms with E-state index in [1.807, 2.05) is 42.5 Å². The fourth-order valence-electron chi connectivity index (χ4n) is 2.95.